The first kappa shape index (κ1) is 14.1. The Bertz CT molecular complexity index is 573. The zero-order valence-electron chi connectivity index (χ0n) is 9.31. The Hall–Kier alpha value is -0.290. The summed E-state index contributed by atoms with van der Waals surface area (Å²) in [6, 6.07) is 6.32. The number of rotatable bonds is 3. The predicted molar refractivity (Wildman–Crippen MR) is 80.5 cm³/mol. The summed E-state index contributed by atoms with van der Waals surface area (Å²) in [5.74, 6) is -0.281. The lowest BCUT2D eigenvalue weighted by Crippen LogP contribution is -2.06. The highest BCUT2D eigenvalue weighted by molar-refractivity contribution is 9.10. The summed E-state index contributed by atoms with van der Waals surface area (Å²) >= 11 is 16.7. The summed E-state index contributed by atoms with van der Waals surface area (Å²) in [6.45, 7) is 1.97. The fraction of sp³-hybridized carbons (Fsp3) is 0.167. The van der Waals surface area contributed by atoms with Crippen LogP contribution in [0.2, 0.25) is 8.67 Å². The van der Waals surface area contributed by atoms with Gasteiger partial charge in [-0.25, -0.2) is 4.39 Å². The van der Waals surface area contributed by atoms with Crippen molar-refractivity contribution in [3.8, 4) is 0 Å². The van der Waals surface area contributed by atoms with Gasteiger partial charge in [-0.15, -0.1) is 11.3 Å². The molecule has 0 saturated heterocycles. The lowest BCUT2D eigenvalue weighted by atomic mass is 10.1. The van der Waals surface area contributed by atoms with Crippen LogP contribution >= 0.6 is 50.5 Å². The van der Waals surface area contributed by atoms with Gasteiger partial charge >= 0.3 is 0 Å². The van der Waals surface area contributed by atoms with Crippen LogP contribution in [0, 0.1) is 5.82 Å². The zero-order chi connectivity index (χ0) is 13.3. The van der Waals surface area contributed by atoms with Crippen molar-refractivity contribution in [1.82, 2.24) is 0 Å². The minimum atomic E-state index is -0.281. The van der Waals surface area contributed by atoms with Crippen LogP contribution < -0.4 is 5.32 Å². The van der Waals surface area contributed by atoms with Gasteiger partial charge in [0.15, 0.2) is 0 Å². The highest BCUT2D eigenvalue weighted by atomic mass is 79.9. The largest absolute Gasteiger partial charge is 0.378 e. The summed E-state index contributed by atoms with van der Waals surface area (Å²) in [6.07, 6.45) is 0. The molecule has 1 aromatic heterocycles. The Balaban J connectivity index is 2.21. The van der Waals surface area contributed by atoms with Crippen molar-refractivity contribution in [2.24, 2.45) is 0 Å². The molecule has 0 saturated carbocycles. The van der Waals surface area contributed by atoms with Crippen LogP contribution in [0.1, 0.15) is 18.5 Å². The van der Waals surface area contributed by atoms with Crippen LogP contribution in [-0.4, -0.2) is 0 Å². The molecule has 96 valence electrons. The van der Waals surface area contributed by atoms with Crippen molar-refractivity contribution in [3.63, 3.8) is 0 Å². The van der Waals surface area contributed by atoms with Crippen LogP contribution in [0.25, 0.3) is 0 Å². The molecule has 6 heteroatoms. The molecular formula is C12H9BrCl2FNS. The van der Waals surface area contributed by atoms with Gasteiger partial charge in [-0.05, 0) is 47.1 Å². The van der Waals surface area contributed by atoms with Crippen molar-refractivity contribution < 1.29 is 4.39 Å². The van der Waals surface area contributed by atoms with E-state index in [0.29, 0.717) is 13.1 Å². The molecule has 0 amide bonds. The predicted octanol–water partition coefficient (Wildman–Crippen LogP) is 6.13. The fourth-order valence-electron chi connectivity index (χ4n) is 1.57. The topological polar surface area (TPSA) is 12.0 Å². The van der Waals surface area contributed by atoms with Gasteiger partial charge < -0.3 is 5.32 Å². The number of thiophene rings is 1. The maximum absolute atomic E-state index is 13.0. The molecule has 0 radical (unpaired) electrons. The molecule has 1 aromatic carbocycles. The van der Waals surface area contributed by atoms with E-state index in [1.54, 1.807) is 6.07 Å². The van der Waals surface area contributed by atoms with Gasteiger partial charge in [0, 0.05) is 15.7 Å². The van der Waals surface area contributed by atoms with Crippen molar-refractivity contribution in [3.05, 3.63) is 48.8 Å². The van der Waals surface area contributed by atoms with E-state index >= 15 is 0 Å². The molecule has 2 aromatic rings. The average Bonchev–Trinajstić information content (AvgIpc) is 2.62. The van der Waals surface area contributed by atoms with Gasteiger partial charge in [0.25, 0.3) is 0 Å². The highest BCUT2D eigenvalue weighted by Crippen LogP contribution is 2.37. The molecule has 0 aliphatic carbocycles. The van der Waals surface area contributed by atoms with E-state index in [0.717, 1.165) is 11.3 Å². The number of hydrogen-bond donors (Lipinski definition) is 1. The maximum Gasteiger partial charge on any atom is 0.124 e. The van der Waals surface area contributed by atoms with Gasteiger partial charge in [0.05, 0.1) is 14.7 Å². The summed E-state index contributed by atoms with van der Waals surface area (Å²) in [5.41, 5.74) is 1.74. The molecular weight excluding hydrogens is 360 g/mol. The summed E-state index contributed by atoms with van der Waals surface area (Å²) in [5, 5.41) is 3.26. The molecule has 0 fully saturated rings. The van der Waals surface area contributed by atoms with Crippen LogP contribution in [0.5, 0.6) is 0 Å². The van der Waals surface area contributed by atoms with Gasteiger partial charge in [0.1, 0.15) is 5.82 Å². The number of halogens is 4. The van der Waals surface area contributed by atoms with E-state index in [1.807, 2.05) is 13.0 Å². The first-order valence-electron chi connectivity index (χ1n) is 5.13. The van der Waals surface area contributed by atoms with E-state index in [1.165, 1.54) is 23.5 Å². The highest BCUT2D eigenvalue weighted by Gasteiger charge is 2.14. The second-order valence-electron chi connectivity index (χ2n) is 3.77. The van der Waals surface area contributed by atoms with Gasteiger partial charge in [-0.1, -0.05) is 23.2 Å². The van der Waals surface area contributed by atoms with Crippen LogP contribution in [-0.2, 0) is 0 Å². The summed E-state index contributed by atoms with van der Waals surface area (Å²) < 4.78 is 15.0. The van der Waals surface area contributed by atoms with Crippen LogP contribution in [0.4, 0.5) is 10.1 Å². The Kier molecular flexibility index (Phi) is 4.54. The third-order valence-electron chi connectivity index (χ3n) is 2.45. The monoisotopic (exact) mass is 367 g/mol. The van der Waals surface area contributed by atoms with E-state index in [9.17, 15) is 4.39 Å². The molecule has 2 rings (SSSR count). The second kappa shape index (κ2) is 5.78. The lowest BCUT2D eigenvalue weighted by Gasteiger charge is -2.16. The number of hydrogen-bond acceptors (Lipinski definition) is 2. The van der Waals surface area contributed by atoms with E-state index in [-0.39, 0.29) is 11.9 Å². The van der Waals surface area contributed by atoms with Gasteiger partial charge in [-0.2, -0.15) is 0 Å². The second-order valence-corrected chi connectivity index (χ2v) is 6.91. The average molecular weight is 369 g/mol. The molecule has 18 heavy (non-hydrogen) atoms. The smallest absolute Gasteiger partial charge is 0.124 e. The van der Waals surface area contributed by atoms with Gasteiger partial charge in [0.2, 0.25) is 0 Å². The van der Waals surface area contributed by atoms with Crippen LogP contribution in [0.3, 0.4) is 0 Å². The standard InChI is InChI=1S/C12H9BrCl2FNS/c1-6(8-5-11(14)18-12(8)15)17-10-3-2-7(16)4-9(10)13/h2-6,17H,1H3. The molecule has 0 spiro atoms. The minimum absolute atomic E-state index is 0.0111. The summed E-state index contributed by atoms with van der Waals surface area (Å²) in [4.78, 5) is 0. The fourth-order valence-corrected chi connectivity index (χ4v) is 3.68. The zero-order valence-corrected chi connectivity index (χ0v) is 13.2. The molecule has 0 aliphatic heterocycles. The van der Waals surface area contributed by atoms with Crippen molar-refractivity contribution in [2.75, 3.05) is 5.32 Å². The van der Waals surface area contributed by atoms with Crippen molar-refractivity contribution >= 4 is 56.2 Å². The molecule has 1 nitrogen and oxygen atoms in total. The number of nitrogens with one attached hydrogen (secondary N) is 1. The Morgan fingerprint density at radius 3 is 2.61 bits per heavy atom. The first-order valence-corrected chi connectivity index (χ1v) is 7.50. The van der Waals surface area contributed by atoms with Crippen molar-refractivity contribution in [2.45, 2.75) is 13.0 Å². The van der Waals surface area contributed by atoms with E-state index in [2.05, 4.69) is 21.2 Å². The quantitative estimate of drug-likeness (QED) is 0.687. The Morgan fingerprint density at radius 2 is 2.06 bits per heavy atom. The van der Waals surface area contributed by atoms with E-state index in [4.69, 9.17) is 23.2 Å². The first-order chi connectivity index (χ1) is 8.47. The third-order valence-corrected chi connectivity index (χ3v) is 4.63. The SMILES string of the molecule is CC(Nc1ccc(F)cc1Br)c1cc(Cl)sc1Cl. The third kappa shape index (κ3) is 3.18. The van der Waals surface area contributed by atoms with Gasteiger partial charge in [-0.3, -0.25) is 0 Å². The molecule has 1 unspecified atom stereocenters. The molecule has 0 aliphatic rings. The van der Waals surface area contributed by atoms with E-state index < -0.39 is 0 Å². The molecule has 1 N–H and O–H groups in total. The number of benzene rings is 1. The summed E-state index contributed by atoms with van der Waals surface area (Å²) in [7, 11) is 0. The molecule has 1 heterocycles. The Labute approximate surface area is 127 Å². The van der Waals surface area contributed by atoms with Crippen LogP contribution in [0.15, 0.2) is 28.7 Å². The normalized spacial score (nSPS) is 12.5. The Morgan fingerprint density at radius 1 is 1.33 bits per heavy atom. The molecule has 0 bridgehead atoms. The minimum Gasteiger partial charge on any atom is -0.378 e. The van der Waals surface area contributed by atoms with Crippen molar-refractivity contribution in [1.29, 1.82) is 0 Å². The molecule has 1 atom stereocenters. The maximum atomic E-state index is 13.0. The lowest BCUT2D eigenvalue weighted by molar-refractivity contribution is 0.627. The number of anilines is 1.